The van der Waals surface area contributed by atoms with Gasteiger partial charge in [0.15, 0.2) is 6.54 Å². The van der Waals surface area contributed by atoms with E-state index in [-0.39, 0.29) is 5.78 Å². The molecule has 0 aliphatic heterocycles. The van der Waals surface area contributed by atoms with Crippen LogP contribution < -0.4 is 4.57 Å². The van der Waals surface area contributed by atoms with E-state index in [0.29, 0.717) is 6.54 Å². The van der Waals surface area contributed by atoms with Gasteiger partial charge < -0.3 is 4.42 Å². The molecule has 3 aromatic carbocycles. The van der Waals surface area contributed by atoms with Gasteiger partial charge in [-0.05, 0) is 36.4 Å². The Morgan fingerprint density at radius 1 is 0.897 bits per heavy atom. The van der Waals surface area contributed by atoms with Gasteiger partial charge in [0.05, 0.1) is 0 Å². The van der Waals surface area contributed by atoms with Crippen LogP contribution in [-0.4, -0.2) is 10.4 Å². The number of furan rings is 1. The molecule has 2 aromatic heterocycles. The van der Waals surface area contributed by atoms with E-state index in [1.165, 1.54) is 0 Å². The molecule has 4 heteroatoms. The Balaban J connectivity index is 1.35. The van der Waals surface area contributed by atoms with E-state index in [1.54, 1.807) is 0 Å². The van der Waals surface area contributed by atoms with Crippen molar-refractivity contribution in [2.24, 2.45) is 0 Å². The highest BCUT2D eigenvalue weighted by Crippen LogP contribution is 2.28. The minimum atomic E-state index is 0.0913. The van der Waals surface area contributed by atoms with E-state index >= 15 is 0 Å². The second kappa shape index (κ2) is 7.24. The van der Waals surface area contributed by atoms with Gasteiger partial charge in [-0.25, -0.2) is 9.13 Å². The minimum Gasteiger partial charge on any atom is -0.456 e. The van der Waals surface area contributed by atoms with Crippen molar-refractivity contribution < 1.29 is 13.8 Å². The number of ketones is 1. The third kappa shape index (κ3) is 3.48. The van der Waals surface area contributed by atoms with E-state index in [2.05, 4.69) is 6.07 Å². The lowest BCUT2D eigenvalue weighted by Gasteiger charge is -1.99. The first-order chi connectivity index (χ1) is 14.3. The number of imidazole rings is 1. The summed E-state index contributed by atoms with van der Waals surface area (Å²) in [7, 11) is 0. The molecule has 0 N–H and O–H groups in total. The molecular formula is C25H19N2O2+. The van der Waals surface area contributed by atoms with Crippen molar-refractivity contribution in [1.82, 2.24) is 4.57 Å². The fourth-order valence-electron chi connectivity index (χ4n) is 3.44. The highest BCUT2D eigenvalue weighted by Gasteiger charge is 2.13. The first kappa shape index (κ1) is 17.2. The lowest BCUT2D eigenvalue weighted by molar-refractivity contribution is -0.682. The number of Topliss-reactive ketones (excluding diaryl/α,β-unsaturated/α-hetero) is 1. The van der Waals surface area contributed by atoms with Crippen LogP contribution in [0, 0.1) is 0 Å². The lowest BCUT2D eigenvalue weighted by Crippen LogP contribution is -2.35. The Morgan fingerprint density at radius 3 is 2.45 bits per heavy atom. The molecule has 4 nitrogen and oxygen atoms in total. The molecule has 0 saturated heterocycles. The maximum atomic E-state index is 12.4. The average Bonchev–Trinajstić information content (AvgIpc) is 3.41. The second-order valence-corrected chi connectivity index (χ2v) is 6.98. The zero-order valence-corrected chi connectivity index (χ0v) is 15.7. The fraction of sp³-hybridized carbons (Fsp3) is 0.0400. The number of aromatic nitrogens is 2. The average molecular weight is 379 g/mol. The van der Waals surface area contributed by atoms with E-state index in [9.17, 15) is 4.79 Å². The van der Waals surface area contributed by atoms with E-state index in [1.807, 2.05) is 107 Å². The Bertz CT molecular complexity index is 1250. The predicted octanol–water partition coefficient (Wildman–Crippen LogP) is 5.06. The van der Waals surface area contributed by atoms with Crippen LogP contribution >= 0.6 is 0 Å². The molecule has 0 atom stereocenters. The molecule has 2 heterocycles. The van der Waals surface area contributed by atoms with Crippen LogP contribution in [0.1, 0.15) is 10.4 Å². The third-order valence-corrected chi connectivity index (χ3v) is 4.99. The number of hydrogen-bond acceptors (Lipinski definition) is 2. The maximum Gasteiger partial charge on any atom is 0.249 e. The Labute approximate surface area is 168 Å². The van der Waals surface area contributed by atoms with Crippen LogP contribution in [0.4, 0.5) is 0 Å². The number of carbonyl (C=O) groups is 1. The smallest absolute Gasteiger partial charge is 0.249 e. The van der Waals surface area contributed by atoms with Crippen molar-refractivity contribution in [3.63, 3.8) is 0 Å². The number of carbonyl (C=O) groups excluding carboxylic acids is 1. The van der Waals surface area contributed by atoms with Crippen LogP contribution in [0.5, 0.6) is 0 Å². The largest absolute Gasteiger partial charge is 0.456 e. The molecule has 0 aliphatic carbocycles. The van der Waals surface area contributed by atoms with Crippen molar-refractivity contribution in [3.05, 3.63) is 109 Å². The van der Waals surface area contributed by atoms with Crippen molar-refractivity contribution >= 4 is 16.8 Å². The quantitative estimate of drug-likeness (QED) is 0.316. The number of rotatable bonds is 5. The first-order valence-corrected chi connectivity index (χ1v) is 9.51. The molecule has 0 aliphatic rings. The summed E-state index contributed by atoms with van der Waals surface area (Å²) >= 11 is 0. The van der Waals surface area contributed by atoms with E-state index in [0.717, 1.165) is 33.5 Å². The molecule has 0 amide bonds. The van der Waals surface area contributed by atoms with Gasteiger partial charge in [0.25, 0.3) is 0 Å². The van der Waals surface area contributed by atoms with Gasteiger partial charge in [-0.2, -0.15) is 0 Å². The van der Waals surface area contributed by atoms with Crippen LogP contribution in [0.15, 0.2) is 108 Å². The molecule has 0 bridgehead atoms. The molecule has 0 saturated carbocycles. The molecule has 140 valence electrons. The summed E-state index contributed by atoms with van der Waals surface area (Å²) < 4.78 is 9.83. The highest BCUT2D eigenvalue weighted by atomic mass is 16.3. The molecule has 29 heavy (non-hydrogen) atoms. The number of hydrogen-bond donors (Lipinski definition) is 0. The van der Waals surface area contributed by atoms with Crippen molar-refractivity contribution in [2.45, 2.75) is 6.54 Å². The fourth-order valence-corrected chi connectivity index (χ4v) is 3.44. The Hall–Kier alpha value is -3.92. The van der Waals surface area contributed by atoms with Crippen molar-refractivity contribution in [3.8, 4) is 17.0 Å². The molecular weight excluding hydrogens is 360 g/mol. The summed E-state index contributed by atoms with van der Waals surface area (Å²) in [6.07, 6.45) is 5.79. The van der Waals surface area contributed by atoms with Gasteiger partial charge in [0.1, 0.15) is 29.4 Å². The summed E-state index contributed by atoms with van der Waals surface area (Å²) in [5.74, 6) is 0.947. The third-order valence-electron chi connectivity index (χ3n) is 4.99. The van der Waals surface area contributed by atoms with Gasteiger partial charge >= 0.3 is 0 Å². The lowest BCUT2D eigenvalue weighted by atomic mass is 10.1. The normalized spacial score (nSPS) is 11.0. The SMILES string of the molecule is O=C(C[n+]1ccn(-c2ccc(-c3cc4ccccc4o3)cc2)c1)c1ccccc1. The number of nitrogens with zero attached hydrogens (tertiary/aromatic N) is 2. The van der Waals surface area contributed by atoms with Crippen LogP contribution in [0.25, 0.3) is 28.0 Å². The summed E-state index contributed by atoms with van der Waals surface area (Å²) in [5, 5.41) is 1.10. The van der Waals surface area contributed by atoms with Gasteiger partial charge in [-0.3, -0.25) is 4.79 Å². The predicted molar refractivity (Wildman–Crippen MR) is 112 cm³/mol. The monoisotopic (exact) mass is 379 g/mol. The second-order valence-electron chi connectivity index (χ2n) is 6.98. The van der Waals surface area contributed by atoms with Gasteiger partial charge in [0, 0.05) is 16.5 Å². The van der Waals surface area contributed by atoms with Gasteiger partial charge in [-0.1, -0.05) is 48.5 Å². The van der Waals surface area contributed by atoms with Crippen LogP contribution in [0.2, 0.25) is 0 Å². The minimum absolute atomic E-state index is 0.0913. The first-order valence-electron chi connectivity index (χ1n) is 9.51. The van der Waals surface area contributed by atoms with Crippen LogP contribution in [0.3, 0.4) is 0 Å². The van der Waals surface area contributed by atoms with Gasteiger partial charge in [-0.15, -0.1) is 0 Å². The summed E-state index contributed by atoms with van der Waals surface area (Å²) in [6, 6.07) is 27.6. The molecule has 0 radical (unpaired) electrons. The van der Waals surface area contributed by atoms with Gasteiger partial charge in [0.2, 0.25) is 12.1 Å². The van der Waals surface area contributed by atoms with E-state index < -0.39 is 0 Å². The van der Waals surface area contributed by atoms with Crippen molar-refractivity contribution in [2.75, 3.05) is 0 Å². The van der Waals surface area contributed by atoms with Crippen LogP contribution in [-0.2, 0) is 6.54 Å². The number of fused-ring (bicyclic) bond motifs is 1. The maximum absolute atomic E-state index is 12.4. The summed E-state index contributed by atoms with van der Waals surface area (Å²) in [5.41, 5.74) is 3.67. The molecule has 5 rings (SSSR count). The highest BCUT2D eigenvalue weighted by molar-refractivity contribution is 5.94. The zero-order chi connectivity index (χ0) is 19.6. The topological polar surface area (TPSA) is 39.0 Å². The summed E-state index contributed by atoms with van der Waals surface area (Å²) in [4.78, 5) is 12.4. The molecule has 0 spiro atoms. The number of benzene rings is 3. The Kier molecular flexibility index (Phi) is 4.30. The standard InChI is InChI=1S/C25H19N2O2/c28-23(19-6-2-1-3-7-19)17-26-14-15-27(18-26)22-12-10-20(11-13-22)25-16-21-8-4-5-9-24(21)29-25/h1-16,18H,17H2/q+1. The number of para-hydroxylation sites is 1. The van der Waals surface area contributed by atoms with Crippen molar-refractivity contribution in [1.29, 1.82) is 0 Å². The zero-order valence-electron chi connectivity index (χ0n) is 15.7. The molecule has 0 fully saturated rings. The summed E-state index contributed by atoms with van der Waals surface area (Å²) in [6.45, 7) is 0.314. The van der Waals surface area contributed by atoms with E-state index in [4.69, 9.17) is 4.42 Å². The molecule has 5 aromatic rings. The Morgan fingerprint density at radius 2 is 1.66 bits per heavy atom. The molecule has 0 unspecified atom stereocenters.